The third-order valence-electron chi connectivity index (χ3n) is 5.34. The van der Waals surface area contributed by atoms with E-state index in [1.807, 2.05) is 31.2 Å². The first kappa shape index (κ1) is 20.2. The number of benzene rings is 2. The summed E-state index contributed by atoms with van der Waals surface area (Å²) in [5.74, 6) is 0.278. The zero-order valence-electron chi connectivity index (χ0n) is 17.7. The molecule has 4 aromatic rings. The van der Waals surface area contributed by atoms with Gasteiger partial charge in [0.05, 0.1) is 29.9 Å². The number of methoxy groups -OCH3 is 1. The third kappa shape index (κ3) is 3.42. The molecular weight excluding hydrogens is 396 g/mol. The van der Waals surface area contributed by atoms with Crippen LogP contribution in [0.15, 0.2) is 64.3 Å². The van der Waals surface area contributed by atoms with E-state index in [0.29, 0.717) is 27.9 Å². The molecule has 2 aromatic carbocycles. The van der Waals surface area contributed by atoms with Gasteiger partial charge in [-0.2, -0.15) is 0 Å². The first-order valence-corrected chi connectivity index (χ1v) is 9.65. The number of carbonyl (C=O) groups excluding carboxylic acids is 1. The van der Waals surface area contributed by atoms with Gasteiger partial charge >= 0.3 is 5.69 Å². The van der Waals surface area contributed by atoms with Crippen molar-refractivity contribution in [3.8, 4) is 17.0 Å². The Labute approximate surface area is 177 Å². The highest BCUT2D eigenvalue weighted by Gasteiger charge is 2.20. The van der Waals surface area contributed by atoms with E-state index in [1.54, 1.807) is 44.6 Å². The smallest absolute Gasteiger partial charge is 0.330 e. The molecule has 0 bridgehead atoms. The Morgan fingerprint density at radius 1 is 0.935 bits per heavy atom. The Kier molecular flexibility index (Phi) is 4.98. The van der Waals surface area contributed by atoms with Gasteiger partial charge in [0.2, 0.25) is 0 Å². The molecule has 8 nitrogen and oxygen atoms in total. The van der Waals surface area contributed by atoms with Crippen molar-refractivity contribution >= 4 is 16.8 Å². The predicted molar refractivity (Wildman–Crippen MR) is 119 cm³/mol. The SMILES string of the molecule is COc1ccc(C(=O)Nn2cc3c(c2-c2ccc(C)cc2)c(=O)n(C)c(=O)n3C)cc1. The number of ether oxygens (including phenoxy) is 1. The molecule has 4 rings (SSSR count). The van der Waals surface area contributed by atoms with Gasteiger partial charge in [-0.25, -0.2) is 4.79 Å². The van der Waals surface area contributed by atoms with E-state index < -0.39 is 11.2 Å². The van der Waals surface area contributed by atoms with Crippen LogP contribution in [0.5, 0.6) is 5.75 Å². The minimum Gasteiger partial charge on any atom is -0.497 e. The molecule has 2 aromatic heterocycles. The van der Waals surface area contributed by atoms with Gasteiger partial charge in [-0.3, -0.25) is 28.8 Å². The topological polar surface area (TPSA) is 87.3 Å². The van der Waals surface area contributed by atoms with Crippen molar-refractivity contribution in [2.24, 2.45) is 14.1 Å². The first-order chi connectivity index (χ1) is 14.8. The highest BCUT2D eigenvalue weighted by Crippen LogP contribution is 2.27. The van der Waals surface area contributed by atoms with Crippen molar-refractivity contribution < 1.29 is 9.53 Å². The Bertz CT molecular complexity index is 1410. The van der Waals surface area contributed by atoms with E-state index in [4.69, 9.17) is 4.74 Å². The van der Waals surface area contributed by atoms with Crippen LogP contribution >= 0.6 is 0 Å². The molecule has 1 N–H and O–H groups in total. The second-order valence-electron chi connectivity index (χ2n) is 7.35. The lowest BCUT2D eigenvalue weighted by molar-refractivity contribution is 0.101. The fourth-order valence-corrected chi connectivity index (χ4v) is 3.54. The van der Waals surface area contributed by atoms with Gasteiger partial charge in [0.25, 0.3) is 11.5 Å². The number of nitrogens with one attached hydrogen (secondary N) is 1. The van der Waals surface area contributed by atoms with E-state index in [1.165, 1.54) is 16.3 Å². The van der Waals surface area contributed by atoms with Crippen molar-refractivity contribution in [3.05, 3.63) is 86.7 Å². The number of hydrogen-bond donors (Lipinski definition) is 1. The van der Waals surface area contributed by atoms with E-state index in [0.717, 1.165) is 15.7 Å². The summed E-state index contributed by atoms with van der Waals surface area (Å²) >= 11 is 0. The lowest BCUT2D eigenvalue weighted by Crippen LogP contribution is -2.36. The van der Waals surface area contributed by atoms with Gasteiger partial charge in [0, 0.05) is 25.2 Å². The Morgan fingerprint density at radius 3 is 2.19 bits per heavy atom. The van der Waals surface area contributed by atoms with Crippen molar-refractivity contribution in [2.75, 3.05) is 12.5 Å². The van der Waals surface area contributed by atoms with E-state index in [-0.39, 0.29) is 5.91 Å². The summed E-state index contributed by atoms with van der Waals surface area (Å²) in [5, 5.41) is 0.350. The fourth-order valence-electron chi connectivity index (χ4n) is 3.54. The zero-order valence-corrected chi connectivity index (χ0v) is 17.7. The molecule has 2 heterocycles. The summed E-state index contributed by atoms with van der Waals surface area (Å²) < 4.78 is 9.10. The maximum Gasteiger partial charge on any atom is 0.330 e. The maximum atomic E-state index is 13.0. The molecule has 8 heteroatoms. The van der Waals surface area contributed by atoms with Crippen LogP contribution in [0.2, 0.25) is 0 Å². The molecule has 0 spiro atoms. The summed E-state index contributed by atoms with van der Waals surface area (Å²) in [5.41, 5.74) is 5.14. The summed E-state index contributed by atoms with van der Waals surface area (Å²) in [6.45, 7) is 1.97. The molecule has 1 amide bonds. The van der Waals surface area contributed by atoms with Crippen molar-refractivity contribution in [2.45, 2.75) is 6.92 Å². The third-order valence-corrected chi connectivity index (χ3v) is 5.34. The first-order valence-electron chi connectivity index (χ1n) is 9.65. The van der Waals surface area contributed by atoms with Gasteiger partial charge in [-0.15, -0.1) is 0 Å². The molecular formula is C23H22N4O4. The van der Waals surface area contributed by atoms with Gasteiger partial charge < -0.3 is 4.74 Å². The number of amides is 1. The number of hydrogen-bond acceptors (Lipinski definition) is 4. The monoisotopic (exact) mass is 418 g/mol. The van der Waals surface area contributed by atoms with Crippen LogP contribution in [-0.4, -0.2) is 26.8 Å². The molecule has 0 aliphatic carbocycles. The predicted octanol–water partition coefficient (Wildman–Crippen LogP) is 2.41. The average Bonchev–Trinajstić information content (AvgIpc) is 3.16. The Hall–Kier alpha value is -4.07. The average molecular weight is 418 g/mol. The highest BCUT2D eigenvalue weighted by atomic mass is 16.5. The zero-order chi connectivity index (χ0) is 22.3. The minimum absolute atomic E-state index is 0.350. The van der Waals surface area contributed by atoms with Crippen LogP contribution in [0.4, 0.5) is 0 Å². The van der Waals surface area contributed by atoms with E-state index >= 15 is 0 Å². The molecule has 0 saturated carbocycles. The lowest BCUT2D eigenvalue weighted by Gasteiger charge is -2.12. The fraction of sp³-hybridized carbons (Fsp3) is 0.174. The van der Waals surface area contributed by atoms with Crippen LogP contribution in [0.1, 0.15) is 15.9 Å². The van der Waals surface area contributed by atoms with Crippen LogP contribution in [0.3, 0.4) is 0 Å². The lowest BCUT2D eigenvalue weighted by atomic mass is 10.1. The summed E-state index contributed by atoms with van der Waals surface area (Å²) in [7, 11) is 4.59. The highest BCUT2D eigenvalue weighted by molar-refractivity contribution is 6.02. The van der Waals surface area contributed by atoms with Crippen LogP contribution in [-0.2, 0) is 14.1 Å². The van der Waals surface area contributed by atoms with Crippen molar-refractivity contribution in [3.63, 3.8) is 0 Å². The molecule has 0 atom stereocenters. The number of carbonyl (C=O) groups is 1. The molecule has 0 radical (unpaired) electrons. The van der Waals surface area contributed by atoms with Crippen molar-refractivity contribution in [1.82, 2.24) is 13.8 Å². The normalized spacial score (nSPS) is 11.0. The standard InChI is InChI=1S/C23H22N4O4/c1-14-5-7-15(8-6-14)20-19-18(25(2)23(30)26(3)22(19)29)13-27(20)24-21(28)16-9-11-17(31-4)12-10-16/h5-13H,1-4H3,(H,24,28). The number of aromatic nitrogens is 3. The molecule has 0 saturated heterocycles. The minimum atomic E-state index is -0.438. The van der Waals surface area contributed by atoms with Gasteiger partial charge in [-0.05, 0) is 31.2 Å². The molecule has 0 unspecified atom stereocenters. The number of aryl methyl sites for hydroxylation is 2. The number of fused-ring (bicyclic) bond motifs is 1. The second kappa shape index (κ2) is 7.64. The van der Waals surface area contributed by atoms with E-state index in [2.05, 4.69) is 5.43 Å². The Morgan fingerprint density at radius 2 is 1.58 bits per heavy atom. The van der Waals surface area contributed by atoms with Crippen LogP contribution in [0, 0.1) is 6.92 Å². The molecule has 0 aliphatic heterocycles. The molecule has 0 aliphatic rings. The maximum absolute atomic E-state index is 13.0. The van der Waals surface area contributed by atoms with Gasteiger partial charge in [0.1, 0.15) is 5.75 Å². The summed E-state index contributed by atoms with van der Waals surface area (Å²) in [4.78, 5) is 38.3. The summed E-state index contributed by atoms with van der Waals surface area (Å²) in [6.07, 6.45) is 1.59. The van der Waals surface area contributed by atoms with Crippen LogP contribution < -0.4 is 21.4 Å². The molecule has 158 valence electrons. The largest absolute Gasteiger partial charge is 0.497 e. The van der Waals surface area contributed by atoms with Crippen molar-refractivity contribution in [1.29, 1.82) is 0 Å². The van der Waals surface area contributed by atoms with Crippen LogP contribution in [0.25, 0.3) is 22.2 Å². The number of rotatable bonds is 4. The van der Waals surface area contributed by atoms with Gasteiger partial charge in [-0.1, -0.05) is 29.8 Å². The van der Waals surface area contributed by atoms with Gasteiger partial charge in [0.15, 0.2) is 0 Å². The molecule has 31 heavy (non-hydrogen) atoms. The quantitative estimate of drug-likeness (QED) is 0.551. The van der Waals surface area contributed by atoms with E-state index in [9.17, 15) is 14.4 Å². The second-order valence-corrected chi connectivity index (χ2v) is 7.35. The Balaban J connectivity index is 1.92. The molecule has 0 fully saturated rings. The summed E-state index contributed by atoms with van der Waals surface area (Å²) in [6, 6.07) is 14.3. The number of nitrogens with zero attached hydrogens (tertiary/aromatic N) is 3.